The molecule has 0 aliphatic rings. The van der Waals surface area contributed by atoms with Crippen LogP contribution in [0.15, 0.2) is 72.8 Å². The van der Waals surface area contributed by atoms with Gasteiger partial charge in [-0.25, -0.2) is 0 Å². The smallest absolute Gasteiger partial charge is 0.545 e. The molecule has 0 spiro atoms. The Morgan fingerprint density at radius 1 is 0.432 bits per heavy atom. The molecule has 0 aromatic heterocycles. The van der Waals surface area contributed by atoms with Gasteiger partial charge in [0, 0.05) is 36.4 Å². The zero-order valence-corrected chi connectivity index (χ0v) is 21.1. The van der Waals surface area contributed by atoms with E-state index < -0.39 is 32.7 Å². The van der Waals surface area contributed by atoms with Crippen molar-refractivity contribution < 1.29 is 77.2 Å². The van der Waals surface area contributed by atoms with Crippen molar-refractivity contribution in [3.05, 3.63) is 120 Å². The Bertz CT molecular complexity index is 1020. The molecule has 0 saturated carbocycles. The summed E-state index contributed by atoms with van der Waals surface area (Å²) < 4.78 is 0. The molecule has 0 fully saturated rings. The van der Waals surface area contributed by atoms with Gasteiger partial charge in [0.1, 0.15) is 0 Å². The summed E-state index contributed by atoms with van der Waals surface area (Å²) in [5.74, 6) is -4.03. The SMILES string of the molecule is O=C([O-])c1ccc([N+](=O)[O-])cc1.O=C([O-])c1ccc([N+](=O)[O-])cc1.O=C([O-])c1ccc([N+](=O)[O-])cc1.[Y+3]. The van der Waals surface area contributed by atoms with Crippen LogP contribution in [0.4, 0.5) is 17.1 Å². The van der Waals surface area contributed by atoms with E-state index in [1.807, 2.05) is 0 Å². The summed E-state index contributed by atoms with van der Waals surface area (Å²) in [7, 11) is 0. The third-order valence-corrected chi connectivity index (χ3v) is 3.94. The molecule has 3 aromatic rings. The van der Waals surface area contributed by atoms with Crippen LogP contribution in [0.3, 0.4) is 0 Å². The van der Waals surface area contributed by atoms with Gasteiger partial charge in [-0.1, -0.05) is 0 Å². The largest absolute Gasteiger partial charge is 3.00 e. The predicted molar refractivity (Wildman–Crippen MR) is 112 cm³/mol. The van der Waals surface area contributed by atoms with Gasteiger partial charge in [-0.3, -0.25) is 30.3 Å². The molecule has 0 unspecified atom stereocenters. The van der Waals surface area contributed by atoms with Crippen LogP contribution in [0.1, 0.15) is 31.1 Å². The van der Waals surface area contributed by atoms with E-state index in [4.69, 9.17) is 0 Å². The average molecular weight is 587 g/mol. The van der Waals surface area contributed by atoms with E-state index in [1.165, 1.54) is 0 Å². The van der Waals surface area contributed by atoms with Crippen LogP contribution in [0.25, 0.3) is 0 Å². The molecule has 15 nitrogen and oxygen atoms in total. The summed E-state index contributed by atoms with van der Waals surface area (Å²) in [6.07, 6.45) is 0. The molecule has 0 aliphatic carbocycles. The second kappa shape index (κ2) is 15.4. The average Bonchev–Trinajstić information content (AvgIpc) is 2.84. The number of carboxylic acids is 3. The molecule has 186 valence electrons. The molecule has 0 amide bonds. The van der Waals surface area contributed by atoms with E-state index in [9.17, 15) is 60.0 Å². The first kappa shape index (κ1) is 32.4. The zero-order valence-electron chi connectivity index (χ0n) is 18.2. The first-order valence-electron chi connectivity index (χ1n) is 9.21. The van der Waals surface area contributed by atoms with Crippen LogP contribution < -0.4 is 15.3 Å². The maximum Gasteiger partial charge on any atom is 3.00 e. The Balaban J connectivity index is 0.000000518. The third kappa shape index (κ3) is 11.1. The van der Waals surface area contributed by atoms with Crippen molar-refractivity contribution in [2.75, 3.05) is 0 Å². The van der Waals surface area contributed by atoms with Crippen LogP contribution in [0, 0.1) is 30.3 Å². The standard InChI is InChI=1S/3C7H5NO4.Y/c3*9-7(10)5-1-3-6(4-2-5)8(11)12;/h3*1-4H,(H,9,10);/q;;;+3/p-3. The number of carbonyl (C=O) groups excluding carboxylic acids is 3. The van der Waals surface area contributed by atoms with Gasteiger partial charge in [-0.15, -0.1) is 0 Å². The van der Waals surface area contributed by atoms with E-state index in [0.29, 0.717) is 0 Å². The summed E-state index contributed by atoms with van der Waals surface area (Å²) in [6.45, 7) is 0. The Kier molecular flexibility index (Phi) is 13.5. The van der Waals surface area contributed by atoms with Gasteiger partial charge in [-0.05, 0) is 53.1 Å². The van der Waals surface area contributed by atoms with E-state index in [0.717, 1.165) is 72.8 Å². The molecule has 0 heterocycles. The number of nitrogens with zero attached hydrogens (tertiary/aromatic N) is 3. The Morgan fingerprint density at radius 3 is 0.703 bits per heavy atom. The number of carboxylic acid groups (broad SMARTS) is 3. The second-order valence-electron chi connectivity index (χ2n) is 6.27. The molecule has 0 atom stereocenters. The summed E-state index contributed by atoms with van der Waals surface area (Å²) in [5, 5.41) is 61.0. The van der Waals surface area contributed by atoms with E-state index >= 15 is 0 Å². The van der Waals surface area contributed by atoms with Crippen molar-refractivity contribution in [2.24, 2.45) is 0 Å². The Morgan fingerprint density at radius 2 is 0.595 bits per heavy atom. The molecule has 3 aromatic carbocycles. The second-order valence-corrected chi connectivity index (χ2v) is 6.27. The topological polar surface area (TPSA) is 250 Å². The molecule has 0 N–H and O–H groups in total. The number of carbonyl (C=O) groups is 3. The molecule has 3 rings (SSSR count). The molecule has 0 saturated heterocycles. The first-order chi connectivity index (χ1) is 16.8. The van der Waals surface area contributed by atoms with Gasteiger partial charge in [0.25, 0.3) is 17.1 Å². The van der Waals surface area contributed by atoms with Gasteiger partial charge in [0.05, 0.1) is 32.7 Å². The maximum atomic E-state index is 10.2. The van der Waals surface area contributed by atoms with Gasteiger partial charge in [-0.2, -0.15) is 0 Å². The number of aromatic carboxylic acids is 3. The number of nitro groups is 3. The number of non-ortho nitro benzene ring substituents is 3. The van der Waals surface area contributed by atoms with Gasteiger partial charge < -0.3 is 29.7 Å². The monoisotopic (exact) mass is 587 g/mol. The minimum Gasteiger partial charge on any atom is -0.545 e. The number of benzene rings is 3. The molecule has 16 heteroatoms. The van der Waals surface area contributed by atoms with Gasteiger partial charge in [0.15, 0.2) is 0 Å². The quantitative estimate of drug-likeness (QED) is 0.270. The van der Waals surface area contributed by atoms with Gasteiger partial charge in [0.2, 0.25) is 0 Å². The number of hydrogen-bond donors (Lipinski definition) is 0. The van der Waals surface area contributed by atoms with Crippen LogP contribution in [-0.4, -0.2) is 32.7 Å². The fourth-order valence-electron chi connectivity index (χ4n) is 2.16. The Hall–Kier alpha value is -4.63. The number of nitro benzene ring substituents is 3. The molecule has 0 bridgehead atoms. The minimum atomic E-state index is -1.34. The molecule has 37 heavy (non-hydrogen) atoms. The van der Waals surface area contributed by atoms with Crippen molar-refractivity contribution in [1.29, 1.82) is 0 Å². The van der Waals surface area contributed by atoms with Crippen molar-refractivity contribution in [3.8, 4) is 0 Å². The summed E-state index contributed by atoms with van der Waals surface area (Å²) >= 11 is 0. The van der Waals surface area contributed by atoms with Crippen molar-refractivity contribution >= 4 is 35.0 Å². The summed E-state index contributed by atoms with van der Waals surface area (Å²) in [5.41, 5.74) is -0.623. The summed E-state index contributed by atoms with van der Waals surface area (Å²) in [6, 6.07) is 13.5. The molecular formula is C21H12N3O12Y. The van der Waals surface area contributed by atoms with Crippen molar-refractivity contribution in [3.63, 3.8) is 0 Å². The zero-order chi connectivity index (χ0) is 27.4. The Labute approximate surface area is 231 Å². The molecular weight excluding hydrogens is 575 g/mol. The van der Waals surface area contributed by atoms with Crippen LogP contribution >= 0.6 is 0 Å². The normalized spacial score (nSPS) is 9.08. The van der Waals surface area contributed by atoms with Crippen LogP contribution in [-0.2, 0) is 32.7 Å². The first-order valence-corrected chi connectivity index (χ1v) is 9.21. The minimum absolute atomic E-state index is 0. The molecule has 0 aliphatic heterocycles. The predicted octanol–water partition coefficient (Wildman–Crippen LogP) is -0.128. The third-order valence-electron chi connectivity index (χ3n) is 3.94. The van der Waals surface area contributed by atoms with Crippen LogP contribution in [0.5, 0.6) is 0 Å². The fourth-order valence-corrected chi connectivity index (χ4v) is 2.16. The van der Waals surface area contributed by atoms with E-state index in [-0.39, 0.29) is 66.5 Å². The number of hydrogen-bond acceptors (Lipinski definition) is 12. The fraction of sp³-hybridized carbons (Fsp3) is 0. The van der Waals surface area contributed by atoms with Crippen molar-refractivity contribution in [1.82, 2.24) is 0 Å². The van der Waals surface area contributed by atoms with Crippen LogP contribution in [0.2, 0.25) is 0 Å². The number of rotatable bonds is 6. The van der Waals surface area contributed by atoms with E-state index in [1.54, 1.807) is 0 Å². The van der Waals surface area contributed by atoms with Crippen molar-refractivity contribution in [2.45, 2.75) is 0 Å². The maximum absolute atomic E-state index is 10.2. The van der Waals surface area contributed by atoms with Gasteiger partial charge >= 0.3 is 32.7 Å². The summed E-state index contributed by atoms with van der Waals surface area (Å²) in [4.78, 5) is 59.2. The van der Waals surface area contributed by atoms with E-state index in [2.05, 4.69) is 0 Å². The molecule has 0 radical (unpaired) electrons.